The largest absolute Gasteiger partial charge is 0.496 e. The molecule has 0 bridgehead atoms. The lowest BCUT2D eigenvalue weighted by molar-refractivity contribution is -0.168. The molecule has 3 aromatic heterocycles. The van der Waals surface area contributed by atoms with Gasteiger partial charge in [0.2, 0.25) is 11.2 Å². The minimum atomic E-state index is -4.87. The normalized spacial score (nSPS) is 20.1. The van der Waals surface area contributed by atoms with Crippen LogP contribution in [0.3, 0.4) is 0 Å². The fourth-order valence-electron chi connectivity index (χ4n) is 18.3. The molecule has 3 unspecified atom stereocenters. The highest BCUT2D eigenvalue weighted by atomic mass is 19.4. The van der Waals surface area contributed by atoms with Crippen molar-refractivity contribution in [2.45, 2.75) is 131 Å². The highest BCUT2D eigenvalue weighted by molar-refractivity contribution is 5.99. The Morgan fingerprint density at radius 1 is 0.416 bits per heavy atom. The van der Waals surface area contributed by atoms with Gasteiger partial charge in [-0.05, 0) is 142 Å². The van der Waals surface area contributed by atoms with Gasteiger partial charge in [-0.2, -0.15) is 65.9 Å². The van der Waals surface area contributed by atoms with E-state index in [0.717, 1.165) is 113 Å². The molecule has 6 aliphatic heterocycles. The molecule has 9 aromatic rings. The minimum Gasteiger partial charge on any atom is -0.496 e. The molecule has 0 aliphatic carbocycles. The van der Waals surface area contributed by atoms with Crippen molar-refractivity contribution in [1.82, 2.24) is 44.4 Å². The first-order valence-electron chi connectivity index (χ1n) is 43.7. The molecule has 41 heteroatoms. The molecule has 6 saturated heterocycles. The lowest BCUT2D eigenvalue weighted by Gasteiger charge is -2.49. The van der Waals surface area contributed by atoms with Crippen LogP contribution in [-0.4, -0.2) is 222 Å². The van der Waals surface area contributed by atoms with Gasteiger partial charge in [0.05, 0.1) is 103 Å². The van der Waals surface area contributed by atoms with Crippen molar-refractivity contribution < 1.29 is 136 Å². The van der Waals surface area contributed by atoms with Gasteiger partial charge in [-0.3, -0.25) is 43.7 Å². The number of methoxy groups -OCH3 is 3. The van der Waals surface area contributed by atoms with E-state index in [4.69, 9.17) is 28.4 Å². The van der Waals surface area contributed by atoms with Crippen LogP contribution >= 0.6 is 0 Å². The second kappa shape index (κ2) is 42.2. The average Bonchev–Trinajstić information content (AvgIpc) is 1.73. The number of halogens is 18. The molecule has 6 amide bonds. The van der Waals surface area contributed by atoms with E-state index >= 15 is 4.39 Å². The smallest absolute Gasteiger partial charge is 0.417 e. The number of benzene rings is 6. The summed E-state index contributed by atoms with van der Waals surface area (Å²) in [5, 5.41) is 0. The maximum Gasteiger partial charge on any atom is 0.417 e. The number of piperidine rings is 3. The standard InChI is InChI=1S/C34H34F7N3O4.C32H32F6N4O4.C30H29F5N4O4/c1-3-6-28-32(48-23-11-9-22(10-12-23)33(36,37)38,15-5-17-44(28)30(45)24-19-42-16-13-25(24)34(39,40)41)31(46)43-18-14-21(20-43)29-26(35)7-4-8-27(29)47-2;1-45-27-6-3-2-5-26(27)40-15-17-41(18-16-40)29(44)30(46-20-22-7-9-23(10-8-22)31(33,34)35)12-4-14-42(21-30)28(43)24-19-39-13-11-25(24)32(36,37)38;1-42-26-6-3-2-5-25(26)37-11-13-38(14-12-37)28(41)29(43-22-16-20(31)15-21(32)17-22)8-4-10-39(19-29)27(40)23-18-36-9-7-24(23)30(33,34)35/h4,7-13,16,19,21,28H,3,5-6,14-15,17-18,20H2,1-2H3;2-3,5-11,13,19H,4,12,14-18,20-21H2,1H3;2-3,5-7,9,15-18H,4,8,10-14,19H2,1H3/t21?,28-,32+;;/m1../s1. The third-order valence-electron chi connectivity index (χ3n) is 24.9. The van der Waals surface area contributed by atoms with Crippen molar-refractivity contribution in [1.29, 1.82) is 0 Å². The Hall–Kier alpha value is -13.1. The average molecular weight is 1940 g/mol. The van der Waals surface area contributed by atoms with E-state index in [1.807, 2.05) is 48.5 Å². The Labute approximate surface area is 775 Å². The second-order valence-electron chi connectivity index (χ2n) is 33.5. The topological polar surface area (TPSA) is 222 Å². The molecule has 6 fully saturated rings. The van der Waals surface area contributed by atoms with Gasteiger partial charge in [0, 0.05) is 158 Å². The van der Waals surface area contributed by atoms with Gasteiger partial charge in [0.25, 0.3) is 35.4 Å². The number of carbonyl (C=O) groups excluding carboxylic acids is 6. The molecule has 732 valence electrons. The van der Waals surface area contributed by atoms with Gasteiger partial charge in [-0.15, -0.1) is 0 Å². The number of rotatable bonds is 21. The van der Waals surface area contributed by atoms with Crippen molar-refractivity contribution in [3.8, 4) is 28.7 Å². The fourth-order valence-corrected chi connectivity index (χ4v) is 18.3. The Morgan fingerprint density at radius 3 is 1.32 bits per heavy atom. The lowest BCUT2D eigenvalue weighted by Crippen LogP contribution is -2.67. The van der Waals surface area contributed by atoms with E-state index in [0.29, 0.717) is 80.0 Å². The van der Waals surface area contributed by atoms with E-state index in [1.54, 1.807) is 37.0 Å². The summed E-state index contributed by atoms with van der Waals surface area (Å²) in [6.07, 6.45) is -16.7. The van der Waals surface area contributed by atoms with Crippen LogP contribution < -0.4 is 33.5 Å². The number of ether oxygens (including phenoxy) is 6. The first-order chi connectivity index (χ1) is 65.0. The number of alkyl halides is 15. The quantitative estimate of drug-likeness (QED) is 0.0610. The monoisotopic (exact) mass is 1940 g/mol. The zero-order valence-corrected chi connectivity index (χ0v) is 74.4. The van der Waals surface area contributed by atoms with E-state index < -0.39 is 164 Å². The maximum absolute atomic E-state index is 15.0. The summed E-state index contributed by atoms with van der Waals surface area (Å²) in [5.74, 6) is -6.06. The molecule has 0 saturated carbocycles. The zero-order valence-electron chi connectivity index (χ0n) is 74.4. The highest BCUT2D eigenvalue weighted by Crippen LogP contribution is 2.46. The van der Waals surface area contributed by atoms with Gasteiger partial charge < -0.3 is 67.6 Å². The predicted molar refractivity (Wildman–Crippen MR) is 461 cm³/mol. The number of piperazine rings is 2. The lowest BCUT2D eigenvalue weighted by atomic mass is 9.79. The second-order valence-corrected chi connectivity index (χ2v) is 33.5. The number of para-hydroxylation sites is 4. The first kappa shape index (κ1) is 101. The van der Waals surface area contributed by atoms with Gasteiger partial charge in [-0.25, -0.2) is 13.2 Å². The number of hydrogen-bond donors (Lipinski definition) is 0. The van der Waals surface area contributed by atoms with Crippen LogP contribution in [0, 0.1) is 17.5 Å². The van der Waals surface area contributed by atoms with Crippen LogP contribution in [0.15, 0.2) is 189 Å². The summed E-state index contributed by atoms with van der Waals surface area (Å²) >= 11 is 0. The Morgan fingerprint density at radius 2 is 0.854 bits per heavy atom. The van der Waals surface area contributed by atoms with Crippen LogP contribution in [0.25, 0.3) is 0 Å². The molecule has 15 rings (SSSR count). The van der Waals surface area contributed by atoms with Crippen LogP contribution in [0.5, 0.6) is 28.7 Å². The summed E-state index contributed by atoms with van der Waals surface area (Å²) in [6.45, 7) is 3.93. The van der Waals surface area contributed by atoms with E-state index in [9.17, 15) is 103 Å². The molecule has 6 aliphatic rings. The molecule has 6 aromatic carbocycles. The van der Waals surface area contributed by atoms with Crippen molar-refractivity contribution in [3.05, 3.63) is 262 Å². The highest BCUT2D eigenvalue weighted by Gasteiger charge is 2.58. The Bertz CT molecular complexity index is 5740. The molecule has 5 atom stereocenters. The molecular weight excluding hydrogens is 1840 g/mol. The number of pyridine rings is 3. The number of likely N-dealkylation sites (tertiary alicyclic amines) is 4. The minimum absolute atomic E-state index is 0.00383. The van der Waals surface area contributed by atoms with Gasteiger partial charge in [-0.1, -0.05) is 55.8 Å². The van der Waals surface area contributed by atoms with Crippen molar-refractivity contribution >= 4 is 46.8 Å². The summed E-state index contributed by atoms with van der Waals surface area (Å²) in [7, 11) is 4.53. The number of anilines is 2. The van der Waals surface area contributed by atoms with Crippen LogP contribution in [0.1, 0.15) is 141 Å². The fraction of sp³-hybridized carbons (Fsp3) is 0.406. The number of amides is 6. The molecule has 137 heavy (non-hydrogen) atoms. The number of carbonyl (C=O) groups is 6. The number of hydrogen-bond acceptors (Lipinski definition) is 17. The van der Waals surface area contributed by atoms with Gasteiger partial charge in [0.1, 0.15) is 46.2 Å². The van der Waals surface area contributed by atoms with Crippen molar-refractivity contribution in [3.63, 3.8) is 0 Å². The Balaban J connectivity index is 0.000000174. The maximum atomic E-state index is 15.0. The van der Waals surface area contributed by atoms with Crippen molar-refractivity contribution in [2.24, 2.45) is 0 Å². The van der Waals surface area contributed by atoms with E-state index in [1.165, 1.54) is 41.2 Å². The summed E-state index contributed by atoms with van der Waals surface area (Å²) in [4.78, 5) is 107. The first-order valence-corrected chi connectivity index (χ1v) is 43.7. The third-order valence-corrected chi connectivity index (χ3v) is 24.9. The van der Waals surface area contributed by atoms with Gasteiger partial charge in [0.15, 0.2) is 5.60 Å². The van der Waals surface area contributed by atoms with Crippen LogP contribution in [-0.2, 0) is 56.6 Å². The van der Waals surface area contributed by atoms with Gasteiger partial charge >= 0.3 is 30.9 Å². The molecular formula is C96H95F18N11O12. The van der Waals surface area contributed by atoms with E-state index in [-0.39, 0.29) is 134 Å². The predicted octanol–water partition coefficient (Wildman–Crippen LogP) is 18.0. The molecule has 0 radical (unpaired) electrons. The Kier molecular flexibility index (Phi) is 31.2. The van der Waals surface area contributed by atoms with Crippen molar-refractivity contribution in [2.75, 3.05) is 129 Å². The molecule has 23 nitrogen and oxygen atoms in total. The third kappa shape index (κ3) is 23.1. The number of aromatic nitrogens is 3. The summed E-state index contributed by atoms with van der Waals surface area (Å²) in [6, 6.07) is 30.8. The number of nitrogens with zero attached hydrogens (tertiary/aromatic N) is 11. The molecule has 9 heterocycles. The molecule has 0 spiro atoms. The van der Waals surface area contributed by atoms with E-state index in [2.05, 4.69) is 24.8 Å². The summed E-state index contributed by atoms with van der Waals surface area (Å²) < 4.78 is 282. The SMILES string of the molecule is CCC[C@H]1N(C(=O)c2cnccc2C(F)(F)F)CCC[C@@]1(Oc1ccc(C(F)(F)F)cc1)C(=O)N1CCC(c2c(F)cccc2OC)C1.COc1ccccc1N1CCN(C(=O)C2(OCc3ccc(C(F)(F)F)cc3)CCCN(C(=O)c3cnccc3C(F)(F)F)C2)CC1.COc1ccccc1N1CCN(C(=O)C2(Oc3cc(F)cc(F)c3)CCCN(C(=O)c3cnccc3C(F)(F)F)C2)CC1. The summed E-state index contributed by atoms with van der Waals surface area (Å²) in [5.41, 5.74) is -10.3. The zero-order chi connectivity index (χ0) is 98.7. The van der Waals surface area contributed by atoms with Crippen LogP contribution in [0.2, 0.25) is 0 Å². The molecule has 0 N–H and O–H groups in total. The van der Waals surface area contributed by atoms with Crippen LogP contribution in [0.4, 0.5) is 90.4 Å².